The summed E-state index contributed by atoms with van der Waals surface area (Å²) in [7, 11) is 0. The first-order chi connectivity index (χ1) is 5.61. The molecule has 0 fully saturated rings. The zero-order valence-corrected chi connectivity index (χ0v) is 7.08. The number of carbonyl (C=O) groups is 1. The number of nitrogens with two attached hydrogens (primary N) is 2. The molecule has 0 aromatic carbocycles. The largest absolute Gasteiger partial charge is 0.368 e. The summed E-state index contributed by atoms with van der Waals surface area (Å²) < 4.78 is 1.36. The standard InChI is InChI=1S/C6H9N3O2S/c7-4(5(8)10)3-9-1-2-12-6(9)11/h1-2,4H,3,7H2,(H2,8,10). The molecular weight excluding hydrogens is 178 g/mol. The van der Waals surface area contributed by atoms with Gasteiger partial charge in [-0.05, 0) is 0 Å². The third kappa shape index (κ3) is 1.93. The van der Waals surface area contributed by atoms with Crippen LogP contribution in [0.15, 0.2) is 16.4 Å². The highest BCUT2D eigenvalue weighted by molar-refractivity contribution is 7.07. The fourth-order valence-corrected chi connectivity index (χ4v) is 1.32. The number of aromatic nitrogens is 1. The van der Waals surface area contributed by atoms with Gasteiger partial charge in [0.15, 0.2) is 0 Å². The van der Waals surface area contributed by atoms with E-state index in [1.807, 2.05) is 0 Å². The van der Waals surface area contributed by atoms with E-state index in [0.29, 0.717) is 0 Å². The molecular formula is C6H9N3O2S. The molecule has 1 atom stereocenters. The molecule has 1 rings (SSSR count). The number of hydrogen-bond donors (Lipinski definition) is 2. The van der Waals surface area contributed by atoms with Gasteiger partial charge in [0.1, 0.15) is 6.04 Å². The minimum absolute atomic E-state index is 0.133. The normalized spacial score (nSPS) is 12.8. The third-order valence-electron chi connectivity index (χ3n) is 1.40. The molecule has 0 bridgehead atoms. The minimum Gasteiger partial charge on any atom is -0.368 e. The Hall–Kier alpha value is -1.14. The lowest BCUT2D eigenvalue weighted by Crippen LogP contribution is -2.41. The Kier molecular flexibility index (Phi) is 2.61. The molecule has 1 aromatic rings. The molecule has 0 saturated carbocycles. The van der Waals surface area contributed by atoms with Crippen LogP contribution in [0.5, 0.6) is 0 Å². The summed E-state index contributed by atoms with van der Waals surface area (Å²) in [5.41, 5.74) is 10.3. The van der Waals surface area contributed by atoms with Gasteiger partial charge in [-0.25, -0.2) is 0 Å². The smallest absolute Gasteiger partial charge is 0.307 e. The van der Waals surface area contributed by atoms with Crippen molar-refractivity contribution in [1.29, 1.82) is 0 Å². The van der Waals surface area contributed by atoms with E-state index in [0.717, 1.165) is 11.3 Å². The molecule has 0 aliphatic heterocycles. The van der Waals surface area contributed by atoms with Crippen molar-refractivity contribution in [2.75, 3.05) is 0 Å². The number of rotatable bonds is 3. The highest BCUT2D eigenvalue weighted by Gasteiger charge is 2.10. The highest BCUT2D eigenvalue weighted by Crippen LogP contribution is 1.90. The lowest BCUT2D eigenvalue weighted by Gasteiger charge is -2.06. The van der Waals surface area contributed by atoms with Gasteiger partial charge < -0.3 is 16.0 Å². The van der Waals surface area contributed by atoms with Gasteiger partial charge in [-0.2, -0.15) is 0 Å². The van der Waals surface area contributed by atoms with Gasteiger partial charge in [-0.3, -0.25) is 9.59 Å². The van der Waals surface area contributed by atoms with Crippen molar-refractivity contribution >= 4 is 17.2 Å². The number of thiazole rings is 1. The van der Waals surface area contributed by atoms with Crippen molar-refractivity contribution in [2.24, 2.45) is 11.5 Å². The van der Waals surface area contributed by atoms with Crippen LogP contribution in [-0.4, -0.2) is 16.5 Å². The van der Waals surface area contributed by atoms with Gasteiger partial charge in [0.25, 0.3) is 0 Å². The zero-order chi connectivity index (χ0) is 9.14. The molecule has 4 N–H and O–H groups in total. The fraction of sp³-hybridized carbons (Fsp3) is 0.333. The van der Waals surface area contributed by atoms with Crippen LogP contribution in [0, 0.1) is 0 Å². The predicted octanol–water partition coefficient (Wildman–Crippen LogP) is -1.28. The quantitative estimate of drug-likeness (QED) is 0.617. The van der Waals surface area contributed by atoms with Crippen LogP contribution in [0.3, 0.4) is 0 Å². The third-order valence-corrected chi connectivity index (χ3v) is 2.10. The molecule has 0 saturated heterocycles. The van der Waals surface area contributed by atoms with Crippen molar-refractivity contribution in [3.63, 3.8) is 0 Å². The molecule has 0 aliphatic rings. The average Bonchev–Trinajstić information content (AvgIpc) is 2.36. The molecule has 5 nitrogen and oxygen atoms in total. The van der Waals surface area contributed by atoms with Gasteiger partial charge in [0.2, 0.25) is 5.91 Å². The van der Waals surface area contributed by atoms with E-state index < -0.39 is 11.9 Å². The summed E-state index contributed by atoms with van der Waals surface area (Å²) in [6.45, 7) is 0.150. The Morgan fingerprint density at radius 1 is 1.75 bits per heavy atom. The van der Waals surface area contributed by atoms with Crippen LogP contribution in [-0.2, 0) is 11.3 Å². The monoisotopic (exact) mass is 187 g/mol. The first kappa shape index (κ1) is 8.95. The second kappa shape index (κ2) is 3.51. The lowest BCUT2D eigenvalue weighted by molar-refractivity contribution is -0.119. The molecule has 1 aromatic heterocycles. The zero-order valence-electron chi connectivity index (χ0n) is 6.27. The van der Waals surface area contributed by atoms with Crippen molar-refractivity contribution in [3.05, 3.63) is 21.2 Å². The Balaban J connectivity index is 2.70. The molecule has 0 aliphatic carbocycles. The maximum atomic E-state index is 11.0. The van der Waals surface area contributed by atoms with E-state index in [2.05, 4.69) is 0 Å². The Morgan fingerprint density at radius 3 is 2.83 bits per heavy atom. The molecule has 1 amide bonds. The second-order valence-electron chi connectivity index (χ2n) is 2.33. The Morgan fingerprint density at radius 2 is 2.42 bits per heavy atom. The molecule has 66 valence electrons. The Bertz CT molecular complexity index is 330. The van der Waals surface area contributed by atoms with E-state index in [1.165, 1.54) is 4.57 Å². The summed E-state index contributed by atoms with van der Waals surface area (Å²) in [5, 5.41) is 1.63. The first-order valence-corrected chi connectivity index (χ1v) is 4.18. The fourth-order valence-electron chi connectivity index (χ4n) is 0.728. The van der Waals surface area contributed by atoms with Gasteiger partial charge in [0.05, 0.1) is 6.54 Å². The van der Waals surface area contributed by atoms with E-state index in [-0.39, 0.29) is 11.4 Å². The molecule has 1 unspecified atom stereocenters. The SMILES string of the molecule is NC(=O)C(N)Cn1ccsc1=O. The molecule has 6 heteroatoms. The van der Waals surface area contributed by atoms with E-state index in [4.69, 9.17) is 11.5 Å². The number of nitrogens with zero attached hydrogens (tertiary/aromatic N) is 1. The van der Waals surface area contributed by atoms with Crippen LogP contribution in [0.4, 0.5) is 0 Å². The second-order valence-corrected chi connectivity index (χ2v) is 3.19. The molecule has 12 heavy (non-hydrogen) atoms. The highest BCUT2D eigenvalue weighted by atomic mass is 32.1. The van der Waals surface area contributed by atoms with Crippen molar-refractivity contribution in [3.8, 4) is 0 Å². The topological polar surface area (TPSA) is 91.1 Å². The van der Waals surface area contributed by atoms with Crippen LogP contribution in [0.2, 0.25) is 0 Å². The van der Waals surface area contributed by atoms with E-state index >= 15 is 0 Å². The summed E-state index contributed by atoms with van der Waals surface area (Å²) in [6, 6.07) is -0.794. The van der Waals surface area contributed by atoms with Gasteiger partial charge >= 0.3 is 4.87 Å². The lowest BCUT2D eigenvalue weighted by atomic mass is 10.3. The van der Waals surface area contributed by atoms with Gasteiger partial charge in [0, 0.05) is 11.6 Å². The van der Waals surface area contributed by atoms with Crippen LogP contribution < -0.4 is 16.3 Å². The molecule has 0 spiro atoms. The average molecular weight is 187 g/mol. The summed E-state index contributed by atoms with van der Waals surface area (Å²) in [5.74, 6) is -0.604. The number of amides is 1. The van der Waals surface area contributed by atoms with E-state index in [9.17, 15) is 9.59 Å². The van der Waals surface area contributed by atoms with Crippen LogP contribution in [0.25, 0.3) is 0 Å². The number of primary amides is 1. The van der Waals surface area contributed by atoms with Crippen LogP contribution in [0.1, 0.15) is 0 Å². The number of carbonyl (C=O) groups excluding carboxylic acids is 1. The van der Waals surface area contributed by atoms with Gasteiger partial charge in [-0.1, -0.05) is 11.3 Å². The van der Waals surface area contributed by atoms with Crippen molar-refractivity contribution in [1.82, 2.24) is 4.57 Å². The minimum atomic E-state index is -0.794. The number of hydrogen-bond acceptors (Lipinski definition) is 4. The molecule has 0 radical (unpaired) electrons. The first-order valence-electron chi connectivity index (χ1n) is 3.30. The summed E-state index contributed by atoms with van der Waals surface area (Å²) in [6.07, 6.45) is 1.58. The summed E-state index contributed by atoms with van der Waals surface area (Å²) in [4.78, 5) is 21.3. The Labute approximate surface area is 72.6 Å². The van der Waals surface area contributed by atoms with Gasteiger partial charge in [-0.15, -0.1) is 0 Å². The molecule has 1 heterocycles. The van der Waals surface area contributed by atoms with Crippen molar-refractivity contribution < 1.29 is 4.79 Å². The van der Waals surface area contributed by atoms with E-state index in [1.54, 1.807) is 11.6 Å². The maximum Gasteiger partial charge on any atom is 0.307 e. The maximum absolute atomic E-state index is 11.0. The van der Waals surface area contributed by atoms with Crippen molar-refractivity contribution in [2.45, 2.75) is 12.6 Å². The summed E-state index contributed by atoms with van der Waals surface area (Å²) >= 11 is 1.06. The van der Waals surface area contributed by atoms with Crippen LogP contribution >= 0.6 is 11.3 Å². The predicted molar refractivity (Wildman–Crippen MR) is 45.7 cm³/mol.